The van der Waals surface area contributed by atoms with Gasteiger partial charge in [-0.3, -0.25) is 0 Å². The lowest BCUT2D eigenvalue weighted by atomic mass is 10.3. The van der Waals surface area contributed by atoms with Gasteiger partial charge in [-0.1, -0.05) is 0 Å². The zero-order valence-corrected chi connectivity index (χ0v) is 18.5. The first-order chi connectivity index (χ1) is 11.5. The second kappa shape index (κ2) is 10.8. The zero-order valence-electron chi connectivity index (χ0n) is 15.4. The van der Waals surface area contributed by atoms with Gasteiger partial charge < -0.3 is 19.9 Å². The molecule has 0 atom stereocenters. The molecule has 1 aromatic rings. The van der Waals surface area contributed by atoms with Crippen LogP contribution in [-0.4, -0.2) is 66.2 Å². The van der Waals surface area contributed by atoms with Crippen molar-refractivity contribution in [3.8, 4) is 0 Å². The molecule has 1 aliphatic rings. The van der Waals surface area contributed by atoms with Crippen molar-refractivity contribution in [2.24, 2.45) is 4.99 Å². The van der Waals surface area contributed by atoms with Gasteiger partial charge in [0.05, 0.1) is 18.8 Å². The molecule has 25 heavy (non-hydrogen) atoms. The van der Waals surface area contributed by atoms with Crippen LogP contribution in [0.1, 0.15) is 29.4 Å². The molecule has 2 rings (SSSR count). The molecule has 0 spiro atoms. The molecule has 0 aromatic carbocycles. The lowest BCUT2D eigenvalue weighted by Gasteiger charge is -2.35. The Hall–Kier alpha value is -1.10. The number of halogens is 1. The first kappa shape index (κ1) is 21.9. The Morgan fingerprint density at radius 2 is 1.88 bits per heavy atom. The van der Waals surface area contributed by atoms with Crippen LogP contribution in [0.2, 0.25) is 0 Å². The fraction of sp³-hybridized carbons (Fsp3) is 0.688. The molecule has 1 saturated heterocycles. The Bertz CT molecular complexity index is 566. The summed E-state index contributed by atoms with van der Waals surface area (Å²) in [5.74, 6) is 0.881. The molecule has 1 aromatic heterocycles. The Morgan fingerprint density at radius 1 is 1.24 bits per heavy atom. The molecule has 9 heteroatoms. The molecule has 1 aliphatic heterocycles. The van der Waals surface area contributed by atoms with Crippen LogP contribution in [0.4, 0.5) is 4.79 Å². The van der Waals surface area contributed by atoms with Crippen LogP contribution in [0.5, 0.6) is 0 Å². The van der Waals surface area contributed by atoms with Crippen LogP contribution >= 0.6 is 35.3 Å². The number of guanidine groups is 1. The second-order valence-corrected chi connectivity index (χ2v) is 6.88. The quantitative estimate of drug-likeness (QED) is 0.407. The predicted molar refractivity (Wildman–Crippen MR) is 112 cm³/mol. The Balaban J connectivity index is 0.00000312. The average Bonchev–Trinajstić information content (AvgIpc) is 2.90. The van der Waals surface area contributed by atoms with Gasteiger partial charge >= 0.3 is 6.09 Å². The summed E-state index contributed by atoms with van der Waals surface area (Å²) in [5, 5.41) is 4.36. The lowest BCUT2D eigenvalue weighted by Crippen LogP contribution is -2.53. The maximum Gasteiger partial charge on any atom is 0.409 e. The number of carbonyl (C=O) groups is 1. The number of hydrogen-bond donors (Lipinski definition) is 1. The molecule has 142 valence electrons. The van der Waals surface area contributed by atoms with E-state index in [4.69, 9.17) is 9.73 Å². The molecule has 0 unspecified atom stereocenters. The highest BCUT2D eigenvalue weighted by Crippen LogP contribution is 2.17. The number of aromatic nitrogens is 1. The van der Waals surface area contributed by atoms with Gasteiger partial charge in [0.15, 0.2) is 5.96 Å². The minimum atomic E-state index is -0.229. The van der Waals surface area contributed by atoms with E-state index in [2.05, 4.69) is 29.0 Å². The number of hydrogen-bond acceptors (Lipinski definition) is 5. The molecule has 0 aliphatic carbocycles. The monoisotopic (exact) mass is 481 g/mol. The van der Waals surface area contributed by atoms with E-state index in [1.54, 1.807) is 16.2 Å². The molecule has 7 nitrogen and oxygen atoms in total. The van der Waals surface area contributed by atoms with Crippen molar-refractivity contribution in [1.29, 1.82) is 0 Å². The van der Waals surface area contributed by atoms with E-state index in [1.807, 2.05) is 13.8 Å². The number of aliphatic imine (C=N–C) groups is 1. The summed E-state index contributed by atoms with van der Waals surface area (Å²) in [6.45, 7) is 12.6. The highest BCUT2D eigenvalue weighted by molar-refractivity contribution is 14.0. The molecule has 0 radical (unpaired) electrons. The third-order valence-electron chi connectivity index (χ3n) is 3.88. The summed E-state index contributed by atoms with van der Waals surface area (Å²) in [4.78, 5) is 26.2. The van der Waals surface area contributed by atoms with E-state index in [0.29, 0.717) is 26.2 Å². The van der Waals surface area contributed by atoms with E-state index in [1.165, 1.54) is 4.88 Å². The van der Waals surface area contributed by atoms with Gasteiger partial charge in [0.25, 0.3) is 0 Å². The summed E-state index contributed by atoms with van der Waals surface area (Å²) in [6.07, 6.45) is -0.229. The largest absolute Gasteiger partial charge is 0.450 e. The van der Waals surface area contributed by atoms with Crippen molar-refractivity contribution >= 4 is 47.4 Å². The highest BCUT2D eigenvalue weighted by Gasteiger charge is 2.23. The number of rotatable bonds is 4. The van der Waals surface area contributed by atoms with Crippen LogP contribution in [0.25, 0.3) is 0 Å². The number of piperazine rings is 1. The van der Waals surface area contributed by atoms with Gasteiger partial charge in [-0.05, 0) is 27.7 Å². The summed E-state index contributed by atoms with van der Waals surface area (Å²) in [6, 6.07) is 0. The van der Waals surface area contributed by atoms with Crippen molar-refractivity contribution in [1.82, 2.24) is 20.1 Å². The number of nitrogens with one attached hydrogen (secondary N) is 1. The van der Waals surface area contributed by atoms with Crippen molar-refractivity contribution < 1.29 is 9.53 Å². The summed E-state index contributed by atoms with van der Waals surface area (Å²) < 4.78 is 5.06. The standard InChI is InChI=1S/C16H27N5O2S.HI/c1-5-17-15(18-11-14-19-12(3)13(4)24-14)20-7-9-21(10-8-20)16(22)23-6-2;/h5-11H2,1-4H3,(H,17,18);1H. The Morgan fingerprint density at radius 3 is 2.40 bits per heavy atom. The van der Waals surface area contributed by atoms with Crippen molar-refractivity contribution in [3.63, 3.8) is 0 Å². The Kier molecular flexibility index (Phi) is 9.47. The molecule has 2 heterocycles. The average molecular weight is 481 g/mol. The third-order valence-corrected chi connectivity index (χ3v) is 4.93. The van der Waals surface area contributed by atoms with Crippen LogP contribution in [0.3, 0.4) is 0 Å². The topological polar surface area (TPSA) is 70.1 Å². The number of carbonyl (C=O) groups excluding carboxylic acids is 1. The summed E-state index contributed by atoms with van der Waals surface area (Å²) in [5.41, 5.74) is 1.08. The molecular formula is C16H28IN5O2S. The van der Waals surface area contributed by atoms with Crippen molar-refractivity contribution in [2.45, 2.75) is 34.2 Å². The SMILES string of the molecule is CCNC(=NCc1nc(C)c(C)s1)N1CCN(C(=O)OCC)CC1.I. The molecule has 1 fully saturated rings. The second-order valence-electron chi connectivity index (χ2n) is 5.59. The summed E-state index contributed by atoms with van der Waals surface area (Å²) in [7, 11) is 0. The molecule has 1 amide bonds. The van der Waals surface area contributed by atoms with Crippen LogP contribution in [0.15, 0.2) is 4.99 Å². The Labute approximate surface area is 170 Å². The van der Waals surface area contributed by atoms with Gasteiger partial charge in [0.1, 0.15) is 5.01 Å². The van der Waals surface area contributed by atoms with Crippen LogP contribution < -0.4 is 5.32 Å². The number of aryl methyl sites for hydroxylation is 2. The maximum atomic E-state index is 11.8. The van der Waals surface area contributed by atoms with E-state index >= 15 is 0 Å². The molecule has 1 N–H and O–H groups in total. The fourth-order valence-corrected chi connectivity index (χ4v) is 3.35. The fourth-order valence-electron chi connectivity index (χ4n) is 2.49. The summed E-state index contributed by atoms with van der Waals surface area (Å²) >= 11 is 1.70. The number of thiazole rings is 1. The van der Waals surface area contributed by atoms with Gasteiger partial charge in [-0.2, -0.15) is 0 Å². The van der Waals surface area contributed by atoms with E-state index in [9.17, 15) is 4.79 Å². The lowest BCUT2D eigenvalue weighted by molar-refractivity contribution is 0.0914. The van der Waals surface area contributed by atoms with E-state index in [-0.39, 0.29) is 30.1 Å². The number of amides is 1. The van der Waals surface area contributed by atoms with Gasteiger partial charge in [-0.15, -0.1) is 35.3 Å². The van der Waals surface area contributed by atoms with Crippen LogP contribution in [0, 0.1) is 13.8 Å². The van der Waals surface area contributed by atoms with Crippen molar-refractivity contribution in [2.75, 3.05) is 39.3 Å². The van der Waals surface area contributed by atoms with Crippen molar-refractivity contribution in [3.05, 3.63) is 15.6 Å². The first-order valence-electron chi connectivity index (χ1n) is 8.43. The predicted octanol–water partition coefficient (Wildman–Crippen LogP) is 2.62. The zero-order chi connectivity index (χ0) is 17.5. The normalized spacial score (nSPS) is 15.0. The first-order valence-corrected chi connectivity index (χ1v) is 9.24. The van der Waals surface area contributed by atoms with Gasteiger partial charge in [0.2, 0.25) is 0 Å². The van der Waals surface area contributed by atoms with Gasteiger partial charge in [-0.25, -0.2) is 14.8 Å². The smallest absolute Gasteiger partial charge is 0.409 e. The number of nitrogens with zero attached hydrogens (tertiary/aromatic N) is 4. The van der Waals surface area contributed by atoms with E-state index in [0.717, 1.165) is 36.3 Å². The highest BCUT2D eigenvalue weighted by atomic mass is 127. The molecule has 0 bridgehead atoms. The maximum absolute atomic E-state index is 11.8. The molecule has 0 saturated carbocycles. The van der Waals surface area contributed by atoms with E-state index < -0.39 is 0 Å². The third kappa shape index (κ3) is 6.28. The number of ether oxygens (including phenoxy) is 1. The molecular weight excluding hydrogens is 453 g/mol. The minimum Gasteiger partial charge on any atom is -0.450 e. The van der Waals surface area contributed by atoms with Crippen LogP contribution in [-0.2, 0) is 11.3 Å². The van der Waals surface area contributed by atoms with Gasteiger partial charge in [0, 0.05) is 37.6 Å². The minimum absolute atomic E-state index is 0.